The van der Waals surface area contributed by atoms with E-state index in [0.29, 0.717) is 6.54 Å². The zero-order valence-electron chi connectivity index (χ0n) is 10.9. The first-order valence-corrected chi connectivity index (χ1v) is 6.71. The van der Waals surface area contributed by atoms with Gasteiger partial charge in [0.25, 0.3) is 0 Å². The Morgan fingerprint density at radius 3 is 2.85 bits per heavy atom. The topological polar surface area (TPSA) is 67.6 Å². The third-order valence-corrected chi connectivity index (χ3v) is 3.72. The van der Waals surface area contributed by atoms with Gasteiger partial charge in [-0.3, -0.25) is 9.97 Å². The lowest BCUT2D eigenvalue weighted by Crippen LogP contribution is -2.03. The molecular formula is C16H14N4. The predicted molar refractivity (Wildman–Crippen MR) is 81.7 cm³/mol. The van der Waals surface area contributed by atoms with Gasteiger partial charge in [0.1, 0.15) is 0 Å². The maximum Gasteiger partial charge on any atom is 0.0986 e. The molecule has 0 fully saturated rings. The Hall–Kier alpha value is -2.46. The maximum atomic E-state index is 5.74. The number of nitrogens with two attached hydrogens (primary N) is 1. The van der Waals surface area contributed by atoms with Gasteiger partial charge in [0.05, 0.1) is 16.6 Å². The summed E-state index contributed by atoms with van der Waals surface area (Å²) in [5.74, 6) is 0. The van der Waals surface area contributed by atoms with Crippen molar-refractivity contribution < 1.29 is 0 Å². The zero-order valence-corrected chi connectivity index (χ0v) is 10.9. The van der Waals surface area contributed by atoms with Crippen LogP contribution in [0.25, 0.3) is 32.8 Å². The largest absolute Gasteiger partial charge is 0.354 e. The fraction of sp³-hybridized carbons (Fsp3) is 0.125. The fourth-order valence-corrected chi connectivity index (χ4v) is 2.87. The van der Waals surface area contributed by atoms with Gasteiger partial charge in [-0.05, 0) is 30.7 Å². The highest BCUT2D eigenvalue weighted by molar-refractivity contribution is 6.19. The van der Waals surface area contributed by atoms with Gasteiger partial charge in [0.2, 0.25) is 0 Å². The number of para-hydroxylation sites is 1. The molecule has 0 unspecified atom stereocenters. The number of hydrogen-bond donors (Lipinski definition) is 2. The molecule has 0 bridgehead atoms. The van der Waals surface area contributed by atoms with Crippen molar-refractivity contribution in [1.29, 1.82) is 0 Å². The molecule has 0 aliphatic heterocycles. The lowest BCUT2D eigenvalue weighted by atomic mass is 10.0. The van der Waals surface area contributed by atoms with Crippen molar-refractivity contribution in [3.8, 4) is 0 Å². The molecule has 0 aliphatic carbocycles. The van der Waals surface area contributed by atoms with E-state index >= 15 is 0 Å². The molecule has 0 radical (unpaired) electrons. The third-order valence-electron chi connectivity index (χ3n) is 3.72. The van der Waals surface area contributed by atoms with Crippen molar-refractivity contribution in [2.75, 3.05) is 6.54 Å². The van der Waals surface area contributed by atoms with Crippen LogP contribution in [0.3, 0.4) is 0 Å². The van der Waals surface area contributed by atoms with Crippen LogP contribution in [0.1, 0.15) is 5.56 Å². The predicted octanol–water partition coefficient (Wildman–Crippen LogP) is 2.77. The minimum absolute atomic E-state index is 0.621. The molecule has 20 heavy (non-hydrogen) atoms. The van der Waals surface area contributed by atoms with Crippen LogP contribution in [0, 0.1) is 0 Å². The summed E-state index contributed by atoms with van der Waals surface area (Å²) >= 11 is 0. The van der Waals surface area contributed by atoms with E-state index in [1.54, 1.807) is 12.4 Å². The van der Waals surface area contributed by atoms with Gasteiger partial charge in [0.15, 0.2) is 0 Å². The van der Waals surface area contributed by atoms with Gasteiger partial charge in [-0.2, -0.15) is 0 Å². The number of aromatic nitrogens is 3. The molecule has 3 N–H and O–H groups in total. The molecule has 2 heterocycles. The van der Waals surface area contributed by atoms with Crippen LogP contribution in [0.5, 0.6) is 0 Å². The van der Waals surface area contributed by atoms with Crippen LogP contribution in [-0.2, 0) is 6.42 Å². The quantitative estimate of drug-likeness (QED) is 0.583. The second-order valence-corrected chi connectivity index (χ2v) is 4.92. The summed E-state index contributed by atoms with van der Waals surface area (Å²) in [5, 5.41) is 2.33. The number of rotatable bonds is 2. The van der Waals surface area contributed by atoms with E-state index < -0.39 is 0 Å². The molecule has 4 nitrogen and oxygen atoms in total. The molecule has 0 saturated carbocycles. The van der Waals surface area contributed by atoms with Gasteiger partial charge >= 0.3 is 0 Å². The highest BCUT2D eigenvalue weighted by Crippen LogP contribution is 2.32. The summed E-state index contributed by atoms with van der Waals surface area (Å²) in [6.45, 7) is 0.621. The second-order valence-electron chi connectivity index (χ2n) is 4.92. The smallest absolute Gasteiger partial charge is 0.0986 e. The molecule has 2 aromatic heterocycles. The van der Waals surface area contributed by atoms with Gasteiger partial charge in [-0.15, -0.1) is 0 Å². The van der Waals surface area contributed by atoms with E-state index in [1.807, 2.05) is 12.1 Å². The molecule has 2 aromatic carbocycles. The van der Waals surface area contributed by atoms with Crippen LogP contribution >= 0.6 is 0 Å². The summed E-state index contributed by atoms with van der Waals surface area (Å²) in [5.41, 5.74) is 11.1. The molecular weight excluding hydrogens is 248 g/mol. The summed E-state index contributed by atoms with van der Waals surface area (Å²) in [7, 11) is 0. The van der Waals surface area contributed by atoms with Crippen molar-refractivity contribution in [2.24, 2.45) is 5.73 Å². The lowest BCUT2D eigenvalue weighted by Gasteiger charge is -2.05. The SMILES string of the molecule is NCCc1cc2nccnc2c2c1[nH]c1ccccc12. The first-order valence-electron chi connectivity index (χ1n) is 6.71. The number of benzene rings is 2. The molecule has 0 amide bonds. The summed E-state index contributed by atoms with van der Waals surface area (Å²) in [4.78, 5) is 12.5. The van der Waals surface area contributed by atoms with Gasteiger partial charge < -0.3 is 10.7 Å². The van der Waals surface area contributed by atoms with Crippen LogP contribution in [-0.4, -0.2) is 21.5 Å². The van der Waals surface area contributed by atoms with Crippen LogP contribution < -0.4 is 5.73 Å². The summed E-state index contributed by atoms with van der Waals surface area (Å²) in [6, 6.07) is 10.4. The molecule has 4 rings (SSSR count). The molecule has 0 aliphatic rings. The average Bonchev–Trinajstić information content (AvgIpc) is 2.88. The minimum atomic E-state index is 0.621. The van der Waals surface area contributed by atoms with Crippen LogP contribution in [0.4, 0.5) is 0 Å². The highest BCUT2D eigenvalue weighted by atomic mass is 14.8. The lowest BCUT2D eigenvalue weighted by molar-refractivity contribution is 0.975. The number of hydrogen-bond acceptors (Lipinski definition) is 3. The van der Waals surface area contributed by atoms with E-state index in [0.717, 1.165) is 33.9 Å². The van der Waals surface area contributed by atoms with Gasteiger partial charge in [-0.25, -0.2) is 0 Å². The first kappa shape index (κ1) is 11.4. The third kappa shape index (κ3) is 1.52. The number of aromatic amines is 1. The molecule has 0 atom stereocenters. The second kappa shape index (κ2) is 4.28. The van der Waals surface area contributed by atoms with Crippen molar-refractivity contribution in [2.45, 2.75) is 6.42 Å². The Labute approximate surface area is 115 Å². The van der Waals surface area contributed by atoms with E-state index in [-0.39, 0.29) is 0 Å². The Bertz CT molecular complexity index is 924. The molecule has 4 heteroatoms. The van der Waals surface area contributed by atoms with E-state index in [2.05, 4.69) is 33.2 Å². The van der Waals surface area contributed by atoms with Crippen LogP contribution in [0.2, 0.25) is 0 Å². The van der Waals surface area contributed by atoms with Gasteiger partial charge in [-0.1, -0.05) is 18.2 Å². The first-order chi connectivity index (χ1) is 9.88. The molecule has 0 spiro atoms. The Morgan fingerprint density at radius 1 is 1.10 bits per heavy atom. The summed E-state index contributed by atoms with van der Waals surface area (Å²) < 4.78 is 0. The minimum Gasteiger partial charge on any atom is -0.354 e. The summed E-state index contributed by atoms with van der Waals surface area (Å²) in [6.07, 6.45) is 4.30. The van der Waals surface area contributed by atoms with Crippen molar-refractivity contribution in [1.82, 2.24) is 15.0 Å². The standard InChI is InChI=1S/C16H14N4/c17-6-5-10-9-13-16(19-8-7-18-13)14-11-3-1-2-4-12(11)20-15(10)14/h1-4,7-9,20H,5-6,17H2. The van der Waals surface area contributed by atoms with Crippen molar-refractivity contribution in [3.63, 3.8) is 0 Å². The van der Waals surface area contributed by atoms with E-state index in [1.165, 1.54) is 10.9 Å². The normalized spacial score (nSPS) is 11.7. The molecule has 4 aromatic rings. The number of nitrogens with zero attached hydrogens (tertiary/aromatic N) is 2. The average molecular weight is 262 g/mol. The zero-order chi connectivity index (χ0) is 13.5. The Morgan fingerprint density at radius 2 is 1.95 bits per heavy atom. The Kier molecular flexibility index (Phi) is 2.44. The number of fused-ring (bicyclic) bond motifs is 5. The van der Waals surface area contributed by atoms with Crippen LogP contribution in [0.15, 0.2) is 42.7 Å². The number of nitrogens with one attached hydrogen (secondary N) is 1. The molecule has 98 valence electrons. The van der Waals surface area contributed by atoms with Gasteiger partial charge in [0, 0.05) is 28.7 Å². The van der Waals surface area contributed by atoms with Crippen molar-refractivity contribution in [3.05, 3.63) is 48.3 Å². The Balaban J connectivity index is 2.27. The number of H-pyrrole nitrogens is 1. The highest BCUT2D eigenvalue weighted by Gasteiger charge is 2.13. The molecule has 0 saturated heterocycles. The maximum absolute atomic E-state index is 5.74. The van der Waals surface area contributed by atoms with E-state index in [4.69, 9.17) is 5.73 Å². The monoisotopic (exact) mass is 262 g/mol. The van der Waals surface area contributed by atoms with Crippen molar-refractivity contribution >= 4 is 32.8 Å². The fourth-order valence-electron chi connectivity index (χ4n) is 2.87. The van der Waals surface area contributed by atoms with E-state index in [9.17, 15) is 0 Å².